The Morgan fingerprint density at radius 1 is 0.895 bits per heavy atom. The summed E-state index contributed by atoms with van der Waals surface area (Å²) >= 11 is 0. The molecule has 2 aromatic rings. The van der Waals surface area contributed by atoms with Crippen LogP contribution < -0.4 is 0 Å². The van der Waals surface area contributed by atoms with E-state index in [-0.39, 0.29) is 0 Å². The van der Waals surface area contributed by atoms with Gasteiger partial charge in [0.15, 0.2) is 0 Å². The van der Waals surface area contributed by atoms with Gasteiger partial charge < -0.3 is 4.98 Å². The third-order valence-corrected chi connectivity index (χ3v) is 4.10. The van der Waals surface area contributed by atoms with Gasteiger partial charge in [-0.25, -0.2) is 0 Å². The minimum atomic E-state index is 1.20. The number of aromatic nitrogens is 1. The number of para-hydroxylation sites is 1. The topological polar surface area (TPSA) is 15.8 Å². The number of fused-ring (bicyclic) bond motifs is 1. The van der Waals surface area contributed by atoms with Crippen LogP contribution >= 0.6 is 0 Å². The average molecular weight is 257 g/mol. The lowest BCUT2D eigenvalue weighted by Crippen LogP contribution is -1.89. The van der Waals surface area contributed by atoms with E-state index < -0.39 is 0 Å². The van der Waals surface area contributed by atoms with Crippen LogP contribution in [0.2, 0.25) is 0 Å². The smallest absolute Gasteiger partial charge is 0.0458 e. The van der Waals surface area contributed by atoms with Gasteiger partial charge in [-0.1, -0.05) is 63.6 Å². The van der Waals surface area contributed by atoms with E-state index in [4.69, 9.17) is 0 Å². The molecule has 0 bridgehead atoms. The summed E-state index contributed by atoms with van der Waals surface area (Å²) in [5.41, 5.74) is 4.18. The number of unbranched alkanes of at least 4 members (excludes halogenated alkanes) is 6. The Labute approximate surface area is 117 Å². The molecule has 0 aliphatic carbocycles. The van der Waals surface area contributed by atoms with Gasteiger partial charge in [0, 0.05) is 16.6 Å². The monoisotopic (exact) mass is 257 g/mol. The number of nitrogens with one attached hydrogen (secondary N) is 1. The van der Waals surface area contributed by atoms with Crippen molar-refractivity contribution in [2.75, 3.05) is 0 Å². The van der Waals surface area contributed by atoms with Crippen LogP contribution in [-0.4, -0.2) is 4.98 Å². The normalized spacial score (nSPS) is 11.3. The molecule has 0 fully saturated rings. The van der Waals surface area contributed by atoms with Crippen molar-refractivity contribution in [1.29, 1.82) is 0 Å². The maximum Gasteiger partial charge on any atom is 0.0458 e. The van der Waals surface area contributed by atoms with E-state index in [0.717, 1.165) is 0 Å². The first-order chi connectivity index (χ1) is 9.33. The Hall–Kier alpha value is -1.24. The zero-order valence-electron chi connectivity index (χ0n) is 12.5. The average Bonchev–Trinajstić information content (AvgIpc) is 2.75. The SMILES string of the molecule is CCCCCCCCCc1[nH]c2ccccc2c1C. The van der Waals surface area contributed by atoms with E-state index in [1.807, 2.05) is 0 Å². The van der Waals surface area contributed by atoms with Crippen LogP contribution in [0.3, 0.4) is 0 Å². The molecule has 0 saturated heterocycles. The molecule has 2 rings (SSSR count). The van der Waals surface area contributed by atoms with Gasteiger partial charge in [0.2, 0.25) is 0 Å². The molecule has 0 amide bonds. The number of benzene rings is 1. The second-order valence-corrected chi connectivity index (χ2v) is 5.65. The van der Waals surface area contributed by atoms with Gasteiger partial charge in [0.05, 0.1) is 0 Å². The predicted octanol–water partition coefficient (Wildman–Crippen LogP) is 5.77. The van der Waals surface area contributed by atoms with Crippen molar-refractivity contribution in [2.45, 2.75) is 65.2 Å². The lowest BCUT2D eigenvalue weighted by Gasteiger charge is -2.02. The van der Waals surface area contributed by atoms with Crippen LogP contribution in [0.1, 0.15) is 63.1 Å². The molecule has 1 N–H and O–H groups in total. The van der Waals surface area contributed by atoms with Crippen molar-refractivity contribution in [3.63, 3.8) is 0 Å². The summed E-state index contributed by atoms with van der Waals surface area (Å²) in [6.45, 7) is 4.52. The maximum atomic E-state index is 3.58. The highest BCUT2D eigenvalue weighted by atomic mass is 14.7. The van der Waals surface area contributed by atoms with E-state index in [9.17, 15) is 0 Å². The van der Waals surface area contributed by atoms with E-state index in [0.29, 0.717) is 0 Å². The number of hydrogen-bond donors (Lipinski definition) is 1. The van der Waals surface area contributed by atoms with Crippen molar-refractivity contribution in [2.24, 2.45) is 0 Å². The van der Waals surface area contributed by atoms with Gasteiger partial charge in [-0.15, -0.1) is 0 Å². The first kappa shape index (κ1) is 14.2. The van der Waals surface area contributed by atoms with Gasteiger partial charge >= 0.3 is 0 Å². The molecule has 1 heterocycles. The molecule has 0 saturated carbocycles. The quantitative estimate of drug-likeness (QED) is 0.578. The molecule has 0 spiro atoms. The Balaban J connectivity index is 1.77. The second kappa shape index (κ2) is 7.37. The van der Waals surface area contributed by atoms with E-state index in [2.05, 4.69) is 43.1 Å². The van der Waals surface area contributed by atoms with Gasteiger partial charge in [-0.3, -0.25) is 0 Å². The Kier molecular flexibility index (Phi) is 5.50. The third-order valence-electron chi connectivity index (χ3n) is 4.10. The second-order valence-electron chi connectivity index (χ2n) is 5.65. The van der Waals surface area contributed by atoms with Crippen LogP contribution in [0.4, 0.5) is 0 Å². The minimum absolute atomic E-state index is 1.20. The highest BCUT2D eigenvalue weighted by Crippen LogP contribution is 2.22. The molecule has 0 aliphatic heterocycles. The molecule has 1 nitrogen and oxygen atoms in total. The molecule has 19 heavy (non-hydrogen) atoms. The molecule has 1 aromatic heterocycles. The largest absolute Gasteiger partial charge is 0.358 e. The number of rotatable bonds is 8. The summed E-state index contributed by atoms with van der Waals surface area (Å²) in [7, 11) is 0. The Morgan fingerprint density at radius 3 is 2.32 bits per heavy atom. The highest BCUT2D eigenvalue weighted by Gasteiger charge is 2.06. The molecule has 1 heteroatoms. The van der Waals surface area contributed by atoms with Gasteiger partial charge in [-0.05, 0) is 31.4 Å². The lowest BCUT2D eigenvalue weighted by molar-refractivity contribution is 0.587. The number of hydrogen-bond acceptors (Lipinski definition) is 0. The van der Waals surface area contributed by atoms with Crippen LogP contribution in [0.25, 0.3) is 10.9 Å². The zero-order valence-corrected chi connectivity index (χ0v) is 12.5. The maximum absolute atomic E-state index is 3.58. The number of aryl methyl sites for hydroxylation is 2. The first-order valence-electron chi connectivity index (χ1n) is 7.89. The van der Waals surface area contributed by atoms with Crippen LogP contribution in [0.5, 0.6) is 0 Å². The summed E-state index contributed by atoms with van der Waals surface area (Å²) in [5.74, 6) is 0. The summed E-state index contributed by atoms with van der Waals surface area (Å²) in [5, 5.41) is 1.39. The first-order valence-corrected chi connectivity index (χ1v) is 7.89. The molecule has 1 aromatic carbocycles. The van der Waals surface area contributed by atoms with Crippen molar-refractivity contribution in [1.82, 2.24) is 4.98 Å². The third kappa shape index (κ3) is 3.86. The van der Waals surface area contributed by atoms with Crippen molar-refractivity contribution in [3.8, 4) is 0 Å². The molecule has 0 atom stereocenters. The Morgan fingerprint density at radius 2 is 1.58 bits per heavy atom. The zero-order chi connectivity index (χ0) is 13.5. The van der Waals surface area contributed by atoms with Crippen LogP contribution in [0.15, 0.2) is 24.3 Å². The van der Waals surface area contributed by atoms with Gasteiger partial charge in [0.1, 0.15) is 0 Å². The van der Waals surface area contributed by atoms with Crippen LogP contribution in [0, 0.1) is 6.92 Å². The highest BCUT2D eigenvalue weighted by molar-refractivity contribution is 5.84. The van der Waals surface area contributed by atoms with E-state index in [1.54, 1.807) is 0 Å². The van der Waals surface area contributed by atoms with Crippen molar-refractivity contribution >= 4 is 10.9 Å². The summed E-state index contributed by atoms with van der Waals surface area (Å²) < 4.78 is 0. The van der Waals surface area contributed by atoms with Crippen molar-refractivity contribution < 1.29 is 0 Å². The van der Waals surface area contributed by atoms with Crippen molar-refractivity contribution in [3.05, 3.63) is 35.5 Å². The molecular weight excluding hydrogens is 230 g/mol. The fourth-order valence-electron chi connectivity index (χ4n) is 2.85. The fourth-order valence-corrected chi connectivity index (χ4v) is 2.85. The number of H-pyrrole nitrogens is 1. The van der Waals surface area contributed by atoms with Crippen LogP contribution in [-0.2, 0) is 6.42 Å². The van der Waals surface area contributed by atoms with E-state index >= 15 is 0 Å². The molecular formula is C18H27N. The Bertz CT molecular complexity index is 495. The molecule has 0 unspecified atom stereocenters. The standard InChI is InChI=1S/C18H27N/c1-3-4-5-6-7-8-9-13-17-15(2)16-12-10-11-14-18(16)19-17/h10-12,14,19H,3-9,13H2,1-2H3. The summed E-state index contributed by atoms with van der Waals surface area (Å²) in [6.07, 6.45) is 10.9. The fraction of sp³-hybridized carbons (Fsp3) is 0.556. The number of aromatic amines is 1. The lowest BCUT2D eigenvalue weighted by atomic mass is 10.1. The van der Waals surface area contributed by atoms with Gasteiger partial charge in [0.25, 0.3) is 0 Å². The molecule has 0 aliphatic rings. The molecule has 104 valence electrons. The predicted molar refractivity (Wildman–Crippen MR) is 84.7 cm³/mol. The minimum Gasteiger partial charge on any atom is -0.358 e. The summed E-state index contributed by atoms with van der Waals surface area (Å²) in [6, 6.07) is 8.63. The van der Waals surface area contributed by atoms with E-state index in [1.165, 1.54) is 73.5 Å². The van der Waals surface area contributed by atoms with Gasteiger partial charge in [-0.2, -0.15) is 0 Å². The molecule has 0 radical (unpaired) electrons. The summed E-state index contributed by atoms with van der Waals surface area (Å²) in [4.78, 5) is 3.58.